The molecule has 21 heavy (non-hydrogen) atoms. The minimum Gasteiger partial charge on any atom is -0.380 e. The summed E-state index contributed by atoms with van der Waals surface area (Å²) in [6.45, 7) is 6.35. The molecule has 4 heteroatoms. The Kier molecular flexibility index (Phi) is 4.56. The maximum atomic E-state index is 13.7. The van der Waals surface area contributed by atoms with E-state index in [0.29, 0.717) is 12.5 Å². The van der Waals surface area contributed by atoms with Gasteiger partial charge in [0.25, 0.3) is 0 Å². The van der Waals surface area contributed by atoms with Crippen LogP contribution in [0.3, 0.4) is 0 Å². The SMILES string of the molecule is CCOCCn1cc(C2CCNCC2)c2cc(F)ccc21. The largest absolute Gasteiger partial charge is 0.380 e. The second-order valence-electron chi connectivity index (χ2n) is 5.66. The van der Waals surface area contributed by atoms with Crippen LogP contribution in [0.25, 0.3) is 10.9 Å². The van der Waals surface area contributed by atoms with Gasteiger partial charge >= 0.3 is 0 Å². The summed E-state index contributed by atoms with van der Waals surface area (Å²) in [6, 6.07) is 5.12. The second kappa shape index (κ2) is 6.58. The van der Waals surface area contributed by atoms with Crippen LogP contribution in [-0.2, 0) is 11.3 Å². The van der Waals surface area contributed by atoms with Crippen LogP contribution in [0.1, 0.15) is 31.2 Å². The van der Waals surface area contributed by atoms with Crippen molar-refractivity contribution in [1.29, 1.82) is 0 Å². The van der Waals surface area contributed by atoms with Crippen LogP contribution >= 0.6 is 0 Å². The summed E-state index contributed by atoms with van der Waals surface area (Å²) in [4.78, 5) is 0. The van der Waals surface area contributed by atoms with Crippen molar-refractivity contribution in [2.45, 2.75) is 32.2 Å². The summed E-state index contributed by atoms with van der Waals surface area (Å²) in [6.07, 6.45) is 4.46. The lowest BCUT2D eigenvalue weighted by Gasteiger charge is -2.22. The minimum absolute atomic E-state index is 0.153. The first-order chi connectivity index (χ1) is 10.3. The van der Waals surface area contributed by atoms with Crippen LogP contribution in [0.15, 0.2) is 24.4 Å². The molecule has 0 radical (unpaired) electrons. The first-order valence-corrected chi connectivity index (χ1v) is 7.86. The van der Waals surface area contributed by atoms with Crippen LogP contribution < -0.4 is 5.32 Å². The van der Waals surface area contributed by atoms with Crippen molar-refractivity contribution in [2.75, 3.05) is 26.3 Å². The monoisotopic (exact) mass is 290 g/mol. The molecule has 1 fully saturated rings. The quantitative estimate of drug-likeness (QED) is 0.855. The number of fused-ring (bicyclic) bond motifs is 1. The van der Waals surface area contributed by atoms with Crippen LogP contribution in [0, 0.1) is 5.82 Å². The first-order valence-electron chi connectivity index (χ1n) is 7.86. The van der Waals surface area contributed by atoms with E-state index in [2.05, 4.69) is 16.1 Å². The molecule has 1 saturated heterocycles. The molecular formula is C17H23FN2O. The van der Waals surface area contributed by atoms with Crippen molar-refractivity contribution in [3.05, 3.63) is 35.8 Å². The summed E-state index contributed by atoms with van der Waals surface area (Å²) in [5, 5.41) is 4.46. The predicted molar refractivity (Wildman–Crippen MR) is 83.2 cm³/mol. The molecule has 0 unspecified atom stereocenters. The van der Waals surface area contributed by atoms with E-state index in [1.807, 2.05) is 13.0 Å². The third kappa shape index (κ3) is 3.11. The normalized spacial score (nSPS) is 16.7. The van der Waals surface area contributed by atoms with E-state index in [9.17, 15) is 4.39 Å². The highest BCUT2D eigenvalue weighted by Crippen LogP contribution is 2.33. The third-order valence-electron chi connectivity index (χ3n) is 4.33. The number of hydrogen-bond acceptors (Lipinski definition) is 2. The molecule has 0 atom stereocenters. The zero-order valence-electron chi connectivity index (χ0n) is 12.6. The molecule has 1 aromatic heterocycles. The molecule has 1 N–H and O–H groups in total. The molecule has 0 amide bonds. The Hall–Kier alpha value is -1.39. The summed E-state index contributed by atoms with van der Waals surface area (Å²) in [7, 11) is 0. The van der Waals surface area contributed by atoms with Gasteiger partial charge in [-0.05, 0) is 62.5 Å². The fourth-order valence-corrected chi connectivity index (χ4v) is 3.25. The lowest BCUT2D eigenvalue weighted by atomic mass is 9.90. The Balaban J connectivity index is 1.95. The van der Waals surface area contributed by atoms with E-state index in [4.69, 9.17) is 4.74 Å². The Morgan fingerprint density at radius 1 is 1.33 bits per heavy atom. The first kappa shape index (κ1) is 14.5. The molecule has 114 valence electrons. The van der Waals surface area contributed by atoms with Gasteiger partial charge in [-0.15, -0.1) is 0 Å². The van der Waals surface area contributed by atoms with E-state index in [1.165, 1.54) is 5.56 Å². The average Bonchev–Trinajstić information content (AvgIpc) is 2.86. The molecule has 0 spiro atoms. The predicted octanol–water partition coefficient (Wildman–Crippen LogP) is 3.28. The van der Waals surface area contributed by atoms with Gasteiger partial charge < -0.3 is 14.6 Å². The maximum Gasteiger partial charge on any atom is 0.123 e. The Labute approximate surface area is 125 Å². The van der Waals surface area contributed by atoms with Crippen molar-refractivity contribution >= 4 is 10.9 Å². The van der Waals surface area contributed by atoms with Crippen molar-refractivity contribution in [2.24, 2.45) is 0 Å². The van der Waals surface area contributed by atoms with Crippen LogP contribution in [-0.4, -0.2) is 30.9 Å². The number of piperidine rings is 1. The van der Waals surface area contributed by atoms with Gasteiger partial charge in [0, 0.05) is 30.3 Å². The molecule has 2 aromatic rings. The van der Waals surface area contributed by atoms with Gasteiger partial charge in [-0.3, -0.25) is 0 Å². The van der Waals surface area contributed by atoms with Crippen molar-refractivity contribution in [3.63, 3.8) is 0 Å². The zero-order chi connectivity index (χ0) is 14.7. The van der Waals surface area contributed by atoms with Gasteiger partial charge in [0.05, 0.1) is 6.61 Å². The lowest BCUT2D eigenvalue weighted by molar-refractivity contribution is 0.140. The number of aromatic nitrogens is 1. The molecule has 3 rings (SSSR count). The molecule has 3 nitrogen and oxygen atoms in total. The van der Waals surface area contributed by atoms with Crippen LogP contribution in [0.4, 0.5) is 4.39 Å². The summed E-state index contributed by atoms with van der Waals surface area (Å²) >= 11 is 0. The van der Waals surface area contributed by atoms with Gasteiger partial charge in [-0.1, -0.05) is 0 Å². The average molecular weight is 290 g/mol. The molecular weight excluding hydrogens is 267 g/mol. The highest BCUT2D eigenvalue weighted by Gasteiger charge is 2.20. The number of rotatable bonds is 5. The number of hydrogen-bond donors (Lipinski definition) is 1. The van der Waals surface area contributed by atoms with Crippen LogP contribution in [0.5, 0.6) is 0 Å². The number of halogens is 1. The van der Waals surface area contributed by atoms with Gasteiger partial charge in [-0.25, -0.2) is 4.39 Å². The van der Waals surface area contributed by atoms with Crippen molar-refractivity contribution in [1.82, 2.24) is 9.88 Å². The molecule has 1 aromatic carbocycles. The molecule has 1 aliphatic rings. The highest BCUT2D eigenvalue weighted by molar-refractivity contribution is 5.84. The number of nitrogens with zero attached hydrogens (tertiary/aromatic N) is 1. The molecule has 2 heterocycles. The maximum absolute atomic E-state index is 13.7. The third-order valence-corrected chi connectivity index (χ3v) is 4.33. The molecule has 0 aliphatic carbocycles. The highest BCUT2D eigenvalue weighted by atomic mass is 19.1. The van der Waals surface area contributed by atoms with Gasteiger partial charge in [-0.2, -0.15) is 0 Å². The van der Waals surface area contributed by atoms with Gasteiger partial charge in [0.15, 0.2) is 0 Å². The van der Waals surface area contributed by atoms with Crippen molar-refractivity contribution in [3.8, 4) is 0 Å². The lowest BCUT2D eigenvalue weighted by Crippen LogP contribution is -2.26. The second-order valence-corrected chi connectivity index (χ2v) is 5.66. The van der Waals surface area contributed by atoms with Gasteiger partial charge in [0.2, 0.25) is 0 Å². The van der Waals surface area contributed by atoms with E-state index < -0.39 is 0 Å². The van der Waals surface area contributed by atoms with E-state index in [1.54, 1.807) is 12.1 Å². The number of ether oxygens (including phenoxy) is 1. The van der Waals surface area contributed by atoms with Crippen LogP contribution in [0.2, 0.25) is 0 Å². The Morgan fingerprint density at radius 3 is 2.90 bits per heavy atom. The zero-order valence-corrected chi connectivity index (χ0v) is 12.6. The Morgan fingerprint density at radius 2 is 2.14 bits per heavy atom. The minimum atomic E-state index is -0.153. The van der Waals surface area contributed by atoms with Crippen molar-refractivity contribution < 1.29 is 9.13 Å². The molecule has 1 aliphatic heterocycles. The molecule has 0 saturated carbocycles. The van der Waals surface area contributed by atoms with E-state index >= 15 is 0 Å². The molecule has 0 bridgehead atoms. The van der Waals surface area contributed by atoms with E-state index in [-0.39, 0.29) is 5.82 Å². The number of nitrogens with one attached hydrogen (secondary N) is 1. The number of benzene rings is 1. The smallest absolute Gasteiger partial charge is 0.123 e. The summed E-state index contributed by atoms with van der Waals surface area (Å²) in [5.41, 5.74) is 2.41. The van der Waals surface area contributed by atoms with Gasteiger partial charge in [0.1, 0.15) is 5.82 Å². The fourth-order valence-electron chi connectivity index (χ4n) is 3.25. The standard InChI is InChI=1S/C17H23FN2O/c1-2-21-10-9-20-12-16(13-5-7-19-8-6-13)15-11-14(18)3-4-17(15)20/h3-4,11-13,19H,2,5-10H2,1H3. The topological polar surface area (TPSA) is 26.2 Å². The summed E-state index contributed by atoms with van der Waals surface area (Å²) in [5.74, 6) is 0.379. The fraction of sp³-hybridized carbons (Fsp3) is 0.529. The summed E-state index contributed by atoms with van der Waals surface area (Å²) < 4.78 is 21.3. The van der Waals surface area contributed by atoms with E-state index in [0.717, 1.165) is 50.0 Å². The Bertz CT molecular complexity index is 602.